The fourth-order valence-electron chi connectivity index (χ4n) is 2.07. The molecule has 15 heavy (non-hydrogen) atoms. The predicted molar refractivity (Wildman–Crippen MR) is 60.7 cm³/mol. The maximum absolute atomic E-state index is 13.7. The summed E-state index contributed by atoms with van der Waals surface area (Å²) in [7, 11) is 0. The summed E-state index contributed by atoms with van der Waals surface area (Å²) in [5.74, 6) is -0.251. The smallest absolute Gasteiger partial charge is 0.144 e. The molecule has 0 amide bonds. The van der Waals surface area contributed by atoms with E-state index in [4.69, 9.17) is 11.6 Å². The highest BCUT2D eigenvalue weighted by atomic mass is 35.5. The van der Waals surface area contributed by atoms with Crippen molar-refractivity contribution in [2.45, 2.75) is 19.8 Å². The molecule has 82 valence electrons. The third-order valence-corrected chi connectivity index (χ3v) is 3.64. The van der Waals surface area contributed by atoms with Gasteiger partial charge in [-0.05, 0) is 29.9 Å². The lowest BCUT2D eigenvalue weighted by Crippen LogP contribution is -2.54. The molecule has 0 aliphatic carbocycles. The van der Waals surface area contributed by atoms with E-state index >= 15 is 0 Å². The summed E-state index contributed by atoms with van der Waals surface area (Å²) in [4.78, 5) is 0. The molecular weight excluding hydrogens is 213 g/mol. The van der Waals surface area contributed by atoms with Crippen LogP contribution >= 0.6 is 11.6 Å². The highest BCUT2D eigenvalue weighted by Crippen LogP contribution is 2.33. The standard InChI is InChI=1S/C12H15ClFN/c1-2-12(7-15-8-12)6-9-4-3-5-10(13)11(9)14/h3-5,15H,2,6-8H2,1H3. The molecule has 1 aromatic carbocycles. The molecule has 1 aliphatic rings. The maximum Gasteiger partial charge on any atom is 0.144 e. The van der Waals surface area contributed by atoms with Gasteiger partial charge in [0.05, 0.1) is 5.02 Å². The Kier molecular flexibility index (Phi) is 2.98. The van der Waals surface area contributed by atoms with Crippen molar-refractivity contribution in [2.75, 3.05) is 13.1 Å². The summed E-state index contributed by atoms with van der Waals surface area (Å²) in [5, 5.41) is 3.48. The van der Waals surface area contributed by atoms with Crippen molar-refractivity contribution in [1.29, 1.82) is 0 Å². The molecular formula is C12H15ClFN. The van der Waals surface area contributed by atoms with Crippen molar-refractivity contribution in [3.05, 3.63) is 34.6 Å². The number of rotatable bonds is 3. The van der Waals surface area contributed by atoms with Gasteiger partial charge in [-0.1, -0.05) is 30.7 Å². The zero-order valence-corrected chi connectivity index (χ0v) is 9.57. The van der Waals surface area contributed by atoms with E-state index in [0.717, 1.165) is 31.5 Å². The van der Waals surface area contributed by atoms with Crippen LogP contribution in [-0.2, 0) is 6.42 Å². The Morgan fingerprint density at radius 3 is 2.73 bits per heavy atom. The predicted octanol–water partition coefficient (Wildman–Crippen LogP) is 3.02. The van der Waals surface area contributed by atoms with Crippen LogP contribution in [0.4, 0.5) is 4.39 Å². The molecule has 0 aromatic heterocycles. The molecule has 1 nitrogen and oxygen atoms in total. The van der Waals surface area contributed by atoms with E-state index in [1.165, 1.54) is 0 Å². The van der Waals surface area contributed by atoms with Gasteiger partial charge in [-0.3, -0.25) is 0 Å². The average Bonchev–Trinajstić information content (AvgIpc) is 2.18. The summed E-state index contributed by atoms with van der Waals surface area (Å²) >= 11 is 5.76. The second-order valence-electron chi connectivity index (χ2n) is 4.35. The molecule has 0 unspecified atom stereocenters. The number of hydrogen-bond donors (Lipinski definition) is 1. The lowest BCUT2D eigenvalue weighted by molar-refractivity contribution is 0.158. The Bertz CT molecular complexity index is 355. The highest BCUT2D eigenvalue weighted by molar-refractivity contribution is 6.30. The molecule has 1 aromatic rings. The Hall–Kier alpha value is -0.600. The minimum absolute atomic E-state index is 0.228. The van der Waals surface area contributed by atoms with Gasteiger partial charge < -0.3 is 5.32 Å². The first kappa shape index (κ1) is 10.9. The third kappa shape index (κ3) is 2.01. The minimum Gasteiger partial charge on any atom is -0.316 e. The summed E-state index contributed by atoms with van der Waals surface area (Å²) in [6.45, 7) is 4.12. The third-order valence-electron chi connectivity index (χ3n) is 3.35. The van der Waals surface area contributed by atoms with Gasteiger partial charge in [0.25, 0.3) is 0 Å². The van der Waals surface area contributed by atoms with Crippen molar-refractivity contribution >= 4 is 11.6 Å². The van der Waals surface area contributed by atoms with E-state index < -0.39 is 0 Å². The van der Waals surface area contributed by atoms with Crippen LogP contribution in [0.25, 0.3) is 0 Å². The van der Waals surface area contributed by atoms with Gasteiger partial charge in [0.1, 0.15) is 5.82 Å². The molecule has 2 rings (SSSR count). The zero-order valence-electron chi connectivity index (χ0n) is 8.82. The Morgan fingerprint density at radius 2 is 2.20 bits per heavy atom. The Morgan fingerprint density at radius 1 is 1.47 bits per heavy atom. The topological polar surface area (TPSA) is 12.0 Å². The fourth-order valence-corrected chi connectivity index (χ4v) is 2.26. The van der Waals surface area contributed by atoms with Crippen LogP contribution in [-0.4, -0.2) is 13.1 Å². The number of hydrogen-bond acceptors (Lipinski definition) is 1. The molecule has 1 heterocycles. The van der Waals surface area contributed by atoms with Crippen LogP contribution in [0, 0.1) is 11.2 Å². The monoisotopic (exact) mass is 227 g/mol. The van der Waals surface area contributed by atoms with Gasteiger partial charge in [0, 0.05) is 13.1 Å². The Balaban J connectivity index is 2.20. The largest absolute Gasteiger partial charge is 0.316 e. The average molecular weight is 228 g/mol. The molecule has 1 aliphatic heterocycles. The second-order valence-corrected chi connectivity index (χ2v) is 4.75. The van der Waals surface area contributed by atoms with Crippen LogP contribution in [0.1, 0.15) is 18.9 Å². The molecule has 0 radical (unpaired) electrons. The summed E-state index contributed by atoms with van der Waals surface area (Å²) in [5.41, 5.74) is 0.983. The highest BCUT2D eigenvalue weighted by Gasteiger charge is 2.35. The van der Waals surface area contributed by atoms with Crippen molar-refractivity contribution in [3.8, 4) is 0 Å². The number of halogens is 2. The molecule has 0 spiro atoms. The molecule has 0 saturated carbocycles. The first-order valence-electron chi connectivity index (χ1n) is 5.30. The quantitative estimate of drug-likeness (QED) is 0.837. The maximum atomic E-state index is 13.7. The summed E-state index contributed by atoms with van der Waals surface area (Å²) in [6.07, 6.45) is 1.86. The van der Waals surface area contributed by atoms with E-state index in [1.54, 1.807) is 6.07 Å². The molecule has 0 bridgehead atoms. The second kappa shape index (κ2) is 4.11. The van der Waals surface area contributed by atoms with Crippen molar-refractivity contribution in [1.82, 2.24) is 5.32 Å². The SMILES string of the molecule is CCC1(Cc2cccc(Cl)c2F)CNC1. The number of benzene rings is 1. The first-order chi connectivity index (χ1) is 7.17. The van der Waals surface area contributed by atoms with Crippen LogP contribution < -0.4 is 5.32 Å². The van der Waals surface area contributed by atoms with Crippen LogP contribution in [0.3, 0.4) is 0 Å². The van der Waals surface area contributed by atoms with Crippen LogP contribution in [0.15, 0.2) is 18.2 Å². The van der Waals surface area contributed by atoms with Crippen molar-refractivity contribution in [3.63, 3.8) is 0 Å². The number of nitrogens with one attached hydrogen (secondary N) is 1. The molecule has 1 fully saturated rings. The molecule has 0 atom stereocenters. The Labute approximate surface area is 94.6 Å². The molecule has 1 saturated heterocycles. The van der Waals surface area contributed by atoms with Crippen molar-refractivity contribution < 1.29 is 4.39 Å². The van der Waals surface area contributed by atoms with Gasteiger partial charge >= 0.3 is 0 Å². The van der Waals surface area contributed by atoms with Gasteiger partial charge in [0.2, 0.25) is 0 Å². The molecule has 3 heteroatoms. The minimum atomic E-state index is -0.251. The van der Waals surface area contributed by atoms with Crippen LogP contribution in [0.2, 0.25) is 5.02 Å². The fraction of sp³-hybridized carbons (Fsp3) is 0.500. The summed E-state index contributed by atoms with van der Waals surface area (Å²) in [6, 6.07) is 5.24. The van der Waals surface area contributed by atoms with Crippen molar-refractivity contribution in [2.24, 2.45) is 5.41 Å². The lowest BCUT2D eigenvalue weighted by Gasteiger charge is -2.42. The van der Waals surface area contributed by atoms with E-state index in [-0.39, 0.29) is 16.3 Å². The first-order valence-corrected chi connectivity index (χ1v) is 5.68. The van der Waals surface area contributed by atoms with E-state index in [9.17, 15) is 4.39 Å². The van der Waals surface area contributed by atoms with E-state index in [2.05, 4.69) is 12.2 Å². The van der Waals surface area contributed by atoms with E-state index in [1.807, 2.05) is 12.1 Å². The molecule has 1 N–H and O–H groups in total. The van der Waals surface area contributed by atoms with E-state index in [0.29, 0.717) is 0 Å². The normalized spacial score (nSPS) is 18.6. The summed E-state index contributed by atoms with van der Waals surface area (Å²) < 4.78 is 13.7. The van der Waals surface area contributed by atoms with Crippen LogP contribution in [0.5, 0.6) is 0 Å². The van der Waals surface area contributed by atoms with Gasteiger partial charge in [-0.15, -0.1) is 0 Å². The van der Waals surface area contributed by atoms with Gasteiger partial charge in [-0.25, -0.2) is 4.39 Å². The zero-order chi connectivity index (χ0) is 10.9. The lowest BCUT2D eigenvalue weighted by atomic mass is 9.74. The van der Waals surface area contributed by atoms with Gasteiger partial charge in [0.15, 0.2) is 0 Å². The van der Waals surface area contributed by atoms with Gasteiger partial charge in [-0.2, -0.15) is 0 Å².